The van der Waals surface area contributed by atoms with Crippen molar-refractivity contribution in [2.75, 3.05) is 6.54 Å². The normalized spacial score (nSPS) is 12.7. The Morgan fingerprint density at radius 2 is 1.96 bits per heavy atom. The van der Waals surface area contributed by atoms with Gasteiger partial charge in [-0.3, -0.25) is 10.3 Å². The maximum Gasteiger partial charge on any atom is 0.409 e. The minimum atomic E-state index is -1.98. The van der Waals surface area contributed by atoms with E-state index in [0.29, 0.717) is 0 Å². The predicted molar refractivity (Wildman–Crippen MR) is 85.9 cm³/mol. The minimum Gasteiger partial charge on any atom is -0.479 e. The van der Waals surface area contributed by atoms with Crippen LogP contribution < -0.4 is 16.8 Å². The molecule has 0 saturated carbocycles. The van der Waals surface area contributed by atoms with Gasteiger partial charge in [0.1, 0.15) is 6.61 Å². The molecular weight excluding hydrogens is 324 g/mol. The molecule has 1 rings (SSSR count). The van der Waals surface area contributed by atoms with E-state index in [1.807, 2.05) is 6.07 Å². The van der Waals surface area contributed by atoms with E-state index in [0.717, 1.165) is 5.56 Å². The zero-order valence-electron chi connectivity index (χ0n) is 12.4. The highest BCUT2D eigenvalue weighted by Crippen LogP contribution is 2.19. The van der Waals surface area contributed by atoms with Gasteiger partial charge in [-0.15, -0.1) is 0 Å². The Morgan fingerprint density at radius 3 is 2.52 bits per heavy atom. The number of carbonyl (C=O) groups is 2. The molecule has 0 aliphatic heterocycles. The number of carboxylic acids is 1. The number of aliphatic carboxylic acids is 1. The van der Waals surface area contributed by atoms with E-state index in [2.05, 4.69) is 10.3 Å². The van der Waals surface area contributed by atoms with Gasteiger partial charge in [-0.1, -0.05) is 41.9 Å². The van der Waals surface area contributed by atoms with Crippen LogP contribution in [0.4, 0.5) is 4.79 Å². The largest absolute Gasteiger partial charge is 0.479 e. The van der Waals surface area contributed by atoms with Crippen LogP contribution in [0, 0.1) is 0 Å². The molecule has 0 aliphatic carbocycles. The highest BCUT2D eigenvalue weighted by Gasteiger charge is 2.38. The fraction of sp³-hybridized carbons (Fsp3) is 0.357. The third-order valence-corrected chi connectivity index (χ3v) is 3.27. The highest BCUT2D eigenvalue weighted by atomic mass is 35.5. The Bertz CT molecular complexity index is 563. The Balaban J connectivity index is 2.51. The number of nitrogens with zero attached hydrogens (tertiary/aromatic N) is 1. The Labute approximate surface area is 138 Å². The molecule has 1 atom stereocenters. The molecule has 0 heterocycles. The van der Waals surface area contributed by atoms with Crippen molar-refractivity contribution >= 4 is 29.6 Å². The van der Waals surface area contributed by atoms with Gasteiger partial charge < -0.3 is 21.3 Å². The lowest BCUT2D eigenvalue weighted by atomic mass is 10.1. The second-order valence-electron chi connectivity index (χ2n) is 4.70. The van der Waals surface area contributed by atoms with Gasteiger partial charge >= 0.3 is 12.1 Å². The lowest BCUT2D eigenvalue weighted by Crippen LogP contribution is -2.50. The first kappa shape index (κ1) is 18.6. The molecule has 0 aromatic heterocycles. The molecule has 126 valence electrons. The van der Waals surface area contributed by atoms with E-state index in [-0.39, 0.29) is 32.0 Å². The number of amides is 1. The summed E-state index contributed by atoms with van der Waals surface area (Å²) in [5.41, 5.74) is 11.1. The minimum absolute atomic E-state index is 0.00720. The van der Waals surface area contributed by atoms with Crippen molar-refractivity contribution in [2.45, 2.75) is 24.4 Å². The van der Waals surface area contributed by atoms with E-state index in [4.69, 9.17) is 27.8 Å². The highest BCUT2D eigenvalue weighted by molar-refractivity contribution is 6.34. The monoisotopic (exact) mass is 342 g/mol. The van der Waals surface area contributed by atoms with E-state index >= 15 is 0 Å². The van der Waals surface area contributed by atoms with Crippen molar-refractivity contribution in [1.82, 2.24) is 5.32 Å². The van der Waals surface area contributed by atoms with E-state index in [9.17, 15) is 14.7 Å². The van der Waals surface area contributed by atoms with Crippen LogP contribution in [0.15, 0.2) is 35.3 Å². The van der Waals surface area contributed by atoms with Crippen LogP contribution in [0.2, 0.25) is 0 Å². The first-order chi connectivity index (χ1) is 10.8. The molecule has 0 radical (unpaired) electrons. The summed E-state index contributed by atoms with van der Waals surface area (Å²) in [5.74, 6) is -1.49. The van der Waals surface area contributed by atoms with Crippen molar-refractivity contribution in [3.8, 4) is 0 Å². The average Bonchev–Trinajstić information content (AvgIpc) is 2.50. The number of guanidine groups is 1. The number of nitrogens with one attached hydrogen (secondary N) is 1. The number of rotatable bonds is 8. The average molecular weight is 343 g/mol. The van der Waals surface area contributed by atoms with Crippen LogP contribution in [-0.2, 0) is 16.1 Å². The molecule has 0 unspecified atom stereocenters. The fourth-order valence-corrected chi connectivity index (χ4v) is 1.89. The summed E-state index contributed by atoms with van der Waals surface area (Å²) in [5, 5.41) is 11.3. The van der Waals surface area contributed by atoms with Crippen molar-refractivity contribution in [1.29, 1.82) is 0 Å². The zero-order valence-corrected chi connectivity index (χ0v) is 13.1. The molecule has 0 fully saturated rings. The molecule has 1 aromatic carbocycles. The smallest absolute Gasteiger partial charge is 0.409 e. The van der Waals surface area contributed by atoms with Gasteiger partial charge in [0.05, 0.1) is 0 Å². The van der Waals surface area contributed by atoms with Crippen LogP contribution in [0.1, 0.15) is 18.4 Å². The number of nitrogens with two attached hydrogens (primary N) is 2. The first-order valence-electron chi connectivity index (χ1n) is 6.80. The number of alkyl carbamates (subject to hydrolysis) is 1. The van der Waals surface area contributed by atoms with Crippen LogP contribution in [0.25, 0.3) is 0 Å². The van der Waals surface area contributed by atoms with Gasteiger partial charge in [0, 0.05) is 6.54 Å². The third kappa shape index (κ3) is 6.88. The van der Waals surface area contributed by atoms with Gasteiger partial charge in [-0.25, -0.2) is 9.59 Å². The molecule has 0 saturated heterocycles. The predicted octanol–water partition coefficient (Wildman–Crippen LogP) is 0.986. The van der Waals surface area contributed by atoms with Crippen LogP contribution in [0.5, 0.6) is 0 Å². The van der Waals surface area contributed by atoms with E-state index in [1.54, 1.807) is 24.3 Å². The Kier molecular flexibility index (Phi) is 7.14. The lowest BCUT2D eigenvalue weighted by Gasteiger charge is -2.23. The number of carbonyl (C=O) groups excluding carboxylic acids is 1. The molecular formula is C14H19ClN4O4. The Morgan fingerprint density at radius 1 is 1.30 bits per heavy atom. The van der Waals surface area contributed by atoms with E-state index < -0.39 is 17.1 Å². The number of halogens is 1. The lowest BCUT2D eigenvalue weighted by molar-refractivity contribution is -0.141. The third-order valence-electron chi connectivity index (χ3n) is 2.83. The van der Waals surface area contributed by atoms with Crippen LogP contribution >= 0.6 is 11.6 Å². The molecule has 23 heavy (non-hydrogen) atoms. The molecule has 0 aliphatic rings. The second kappa shape index (κ2) is 8.84. The van der Waals surface area contributed by atoms with Gasteiger partial charge in [0.15, 0.2) is 5.96 Å². The van der Waals surface area contributed by atoms with E-state index in [1.165, 1.54) is 0 Å². The SMILES string of the molecule is NC(N)=NCCC[C@](Cl)(NC(=O)OCc1ccccc1)C(=O)O. The molecule has 0 spiro atoms. The van der Waals surface area contributed by atoms with Crippen molar-refractivity contribution in [2.24, 2.45) is 16.5 Å². The van der Waals surface area contributed by atoms with Gasteiger partial charge in [-0.2, -0.15) is 0 Å². The standard InChI is InChI=1S/C14H19ClN4O4/c15-14(11(20)21,7-4-8-18-12(16)17)19-13(22)23-9-10-5-2-1-3-6-10/h1-3,5-6H,4,7-9H2,(H,19,22)(H,20,21)(H4,16,17,18)/t14-/m0/s1. The molecule has 0 bridgehead atoms. The summed E-state index contributed by atoms with van der Waals surface area (Å²) in [7, 11) is 0. The number of carboxylic acid groups (broad SMARTS) is 1. The van der Waals surface area contributed by atoms with Crippen molar-refractivity contribution < 1.29 is 19.4 Å². The number of alkyl halides is 1. The number of hydrogen-bond acceptors (Lipinski definition) is 4. The van der Waals surface area contributed by atoms with Crippen molar-refractivity contribution in [3.63, 3.8) is 0 Å². The molecule has 6 N–H and O–H groups in total. The first-order valence-corrected chi connectivity index (χ1v) is 7.18. The Hall–Kier alpha value is -2.48. The molecule has 1 aromatic rings. The number of ether oxygens (including phenoxy) is 1. The van der Waals surface area contributed by atoms with Gasteiger partial charge in [-0.05, 0) is 18.4 Å². The molecule has 1 amide bonds. The number of benzene rings is 1. The topological polar surface area (TPSA) is 140 Å². The maximum atomic E-state index is 11.7. The molecule has 9 heteroatoms. The van der Waals surface area contributed by atoms with Crippen molar-refractivity contribution in [3.05, 3.63) is 35.9 Å². The number of aliphatic imine (C=N–C) groups is 1. The zero-order chi connectivity index (χ0) is 17.3. The number of hydrogen-bond donors (Lipinski definition) is 4. The second-order valence-corrected chi connectivity index (χ2v) is 5.35. The maximum absolute atomic E-state index is 11.7. The quantitative estimate of drug-likeness (QED) is 0.182. The summed E-state index contributed by atoms with van der Waals surface area (Å²) in [4.78, 5) is 24.7. The summed E-state index contributed by atoms with van der Waals surface area (Å²) in [6, 6.07) is 8.96. The van der Waals surface area contributed by atoms with Crippen LogP contribution in [-0.4, -0.2) is 34.7 Å². The summed E-state index contributed by atoms with van der Waals surface area (Å²) in [6.07, 6.45) is -0.721. The van der Waals surface area contributed by atoms with Gasteiger partial charge in [0.25, 0.3) is 0 Å². The molecule has 8 nitrogen and oxygen atoms in total. The summed E-state index contributed by atoms with van der Waals surface area (Å²) >= 11 is 5.94. The summed E-state index contributed by atoms with van der Waals surface area (Å²) in [6.45, 7) is 0.206. The fourth-order valence-electron chi connectivity index (χ4n) is 1.67. The summed E-state index contributed by atoms with van der Waals surface area (Å²) < 4.78 is 4.95. The van der Waals surface area contributed by atoms with Gasteiger partial charge in [0.2, 0.25) is 5.00 Å². The van der Waals surface area contributed by atoms with Crippen LogP contribution in [0.3, 0.4) is 0 Å².